The maximum absolute atomic E-state index is 12.4. The molecule has 0 spiro atoms. The van der Waals surface area contributed by atoms with Crippen molar-refractivity contribution in [2.24, 2.45) is 11.1 Å². The lowest BCUT2D eigenvalue weighted by Crippen LogP contribution is -2.29. The van der Waals surface area contributed by atoms with Gasteiger partial charge < -0.3 is 10.5 Å². The van der Waals surface area contributed by atoms with E-state index in [0.29, 0.717) is 18.2 Å². The van der Waals surface area contributed by atoms with E-state index in [0.717, 1.165) is 5.56 Å². The van der Waals surface area contributed by atoms with Crippen LogP contribution in [0.2, 0.25) is 5.02 Å². The molecule has 0 aromatic heterocycles. The molecule has 0 bridgehead atoms. The van der Waals surface area contributed by atoms with Gasteiger partial charge in [0.05, 0.1) is 11.9 Å². The summed E-state index contributed by atoms with van der Waals surface area (Å²) >= 11 is 6.04. The number of hydrogen-bond donors (Lipinski definition) is 1. The molecule has 1 saturated carbocycles. The smallest absolute Gasteiger partial charge is 0.154 e. The van der Waals surface area contributed by atoms with Crippen molar-refractivity contribution >= 4 is 21.4 Å². The summed E-state index contributed by atoms with van der Waals surface area (Å²) in [6.07, 6.45) is 0. The lowest BCUT2D eigenvalue weighted by Gasteiger charge is -2.15. The van der Waals surface area contributed by atoms with E-state index in [2.05, 4.69) is 0 Å². The second-order valence-electron chi connectivity index (χ2n) is 5.48. The van der Waals surface area contributed by atoms with E-state index in [9.17, 15) is 8.42 Å². The largest absolute Gasteiger partial charge is 0.381 e. The average molecular weight is 332 g/mol. The van der Waals surface area contributed by atoms with Gasteiger partial charge in [-0.2, -0.15) is 0 Å². The van der Waals surface area contributed by atoms with Crippen molar-refractivity contribution in [2.75, 3.05) is 25.5 Å². The summed E-state index contributed by atoms with van der Waals surface area (Å²) in [5, 5.41) is 0.124. The van der Waals surface area contributed by atoms with Gasteiger partial charge in [0.2, 0.25) is 0 Å². The van der Waals surface area contributed by atoms with Crippen LogP contribution in [-0.2, 0) is 14.6 Å². The zero-order valence-electron chi connectivity index (χ0n) is 12.4. The maximum atomic E-state index is 12.4. The summed E-state index contributed by atoms with van der Waals surface area (Å²) in [6.45, 7) is 4.76. The van der Waals surface area contributed by atoms with Crippen LogP contribution >= 0.6 is 11.6 Å². The van der Waals surface area contributed by atoms with E-state index in [1.165, 1.54) is 0 Å². The lowest BCUT2D eigenvalue weighted by atomic mass is 10.00. The number of hydrogen-bond acceptors (Lipinski definition) is 4. The zero-order chi connectivity index (χ0) is 15.7. The van der Waals surface area contributed by atoms with Gasteiger partial charge >= 0.3 is 0 Å². The number of benzene rings is 1. The quantitative estimate of drug-likeness (QED) is 0.831. The van der Waals surface area contributed by atoms with E-state index >= 15 is 0 Å². The van der Waals surface area contributed by atoms with Crippen LogP contribution in [0, 0.1) is 5.41 Å². The minimum atomic E-state index is -3.19. The molecule has 0 unspecified atom stereocenters. The third-order valence-corrected chi connectivity index (χ3v) is 6.89. The fourth-order valence-electron chi connectivity index (χ4n) is 3.17. The normalized spacial score (nSPS) is 28.6. The van der Waals surface area contributed by atoms with Crippen molar-refractivity contribution in [3.63, 3.8) is 0 Å². The monoisotopic (exact) mass is 331 g/mol. The molecule has 2 N–H and O–H groups in total. The molecule has 21 heavy (non-hydrogen) atoms. The first-order valence-corrected chi connectivity index (χ1v) is 9.27. The SMILES string of the molecule is CCOC[C@@]1(CN)[C@H](S(=O)(=O)CC)[C@@H]1c1cccc(Cl)c1. The molecule has 1 fully saturated rings. The average Bonchev–Trinajstić information content (AvgIpc) is 3.15. The summed E-state index contributed by atoms with van der Waals surface area (Å²) in [5.74, 6) is -0.0273. The fourth-order valence-corrected chi connectivity index (χ4v) is 5.52. The lowest BCUT2D eigenvalue weighted by molar-refractivity contribution is 0.101. The van der Waals surface area contributed by atoms with Crippen LogP contribution in [0.25, 0.3) is 0 Å². The van der Waals surface area contributed by atoms with Crippen LogP contribution in [0.15, 0.2) is 24.3 Å². The van der Waals surface area contributed by atoms with E-state index < -0.39 is 20.5 Å². The molecular weight excluding hydrogens is 310 g/mol. The van der Waals surface area contributed by atoms with Gasteiger partial charge in [-0.3, -0.25) is 0 Å². The molecule has 0 saturated heterocycles. The number of rotatable bonds is 7. The third kappa shape index (κ3) is 2.97. The number of ether oxygens (including phenoxy) is 1. The fraction of sp³-hybridized carbons (Fsp3) is 0.600. The Balaban J connectivity index is 2.41. The first kappa shape index (κ1) is 16.7. The molecule has 0 heterocycles. The highest BCUT2D eigenvalue weighted by molar-refractivity contribution is 7.92. The summed E-state index contributed by atoms with van der Waals surface area (Å²) in [6, 6.07) is 7.36. The Morgan fingerprint density at radius 3 is 2.62 bits per heavy atom. The van der Waals surface area contributed by atoms with E-state index in [1.54, 1.807) is 13.0 Å². The molecule has 118 valence electrons. The van der Waals surface area contributed by atoms with Gasteiger partial charge in [-0.15, -0.1) is 0 Å². The van der Waals surface area contributed by atoms with Crippen molar-refractivity contribution in [3.8, 4) is 0 Å². The Kier molecular flexibility index (Phi) is 4.98. The highest BCUT2D eigenvalue weighted by atomic mass is 35.5. The van der Waals surface area contributed by atoms with Crippen LogP contribution in [0.3, 0.4) is 0 Å². The molecule has 0 aliphatic heterocycles. The van der Waals surface area contributed by atoms with Crippen molar-refractivity contribution < 1.29 is 13.2 Å². The molecule has 1 aromatic rings. The van der Waals surface area contributed by atoms with E-state index in [-0.39, 0.29) is 18.2 Å². The summed E-state index contributed by atoms with van der Waals surface area (Å²) < 4.78 is 30.4. The van der Waals surface area contributed by atoms with Crippen LogP contribution in [0.4, 0.5) is 0 Å². The Bertz CT molecular complexity index is 605. The standard InChI is InChI=1S/C15H22ClNO3S/c1-3-20-10-15(9-17)13(14(15)21(18,19)4-2)11-6-5-7-12(16)8-11/h5-8,13-14H,3-4,9-10,17H2,1-2H3/t13-,14+,15+/m0/s1. The Hall–Kier alpha value is -0.620. The van der Waals surface area contributed by atoms with Crippen LogP contribution in [-0.4, -0.2) is 39.2 Å². The van der Waals surface area contributed by atoms with Crippen molar-refractivity contribution in [3.05, 3.63) is 34.9 Å². The van der Waals surface area contributed by atoms with E-state index in [1.807, 2.05) is 25.1 Å². The van der Waals surface area contributed by atoms with Gasteiger partial charge in [-0.1, -0.05) is 30.7 Å². The van der Waals surface area contributed by atoms with Gasteiger partial charge in [0.15, 0.2) is 9.84 Å². The van der Waals surface area contributed by atoms with Crippen LogP contribution in [0.1, 0.15) is 25.3 Å². The predicted octanol–water partition coefficient (Wildman–Crippen LogP) is 2.22. The predicted molar refractivity (Wildman–Crippen MR) is 85.4 cm³/mol. The first-order valence-electron chi connectivity index (χ1n) is 7.17. The van der Waals surface area contributed by atoms with Crippen molar-refractivity contribution in [1.29, 1.82) is 0 Å². The second kappa shape index (κ2) is 6.24. The third-order valence-electron chi connectivity index (χ3n) is 4.33. The van der Waals surface area contributed by atoms with Crippen molar-refractivity contribution in [2.45, 2.75) is 25.0 Å². The van der Waals surface area contributed by atoms with E-state index in [4.69, 9.17) is 22.1 Å². The summed E-state index contributed by atoms with van der Waals surface area (Å²) in [5.41, 5.74) is 6.33. The molecular formula is C15H22ClNO3S. The molecule has 0 radical (unpaired) electrons. The topological polar surface area (TPSA) is 69.4 Å². The van der Waals surface area contributed by atoms with Crippen molar-refractivity contribution in [1.82, 2.24) is 0 Å². The van der Waals surface area contributed by atoms with Gasteiger partial charge in [-0.05, 0) is 24.6 Å². The molecule has 4 nitrogen and oxygen atoms in total. The second-order valence-corrected chi connectivity index (χ2v) is 8.33. The number of sulfone groups is 1. The Morgan fingerprint density at radius 2 is 2.10 bits per heavy atom. The molecule has 1 aromatic carbocycles. The minimum absolute atomic E-state index is 0.114. The molecule has 3 atom stereocenters. The summed E-state index contributed by atoms with van der Waals surface area (Å²) in [4.78, 5) is 0. The highest BCUT2D eigenvalue weighted by Gasteiger charge is 2.69. The molecule has 1 aliphatic rings. The Labute approximate surface area is 131 Å². The molecule has 0 amide bonds. The van der Waals surface area contributed by atoms with Crippen LogP contribution in [0.5, 0.6) is 0 Å². The van der Waals surface area contributed by atoms with Gasteiger partial charge in [0, 0.05) is 35.3 Å². The number of halogens is 1. The number of nitrogens with two attached hydrogens (primary N) is 1. The first-order chi connectivity index (χ1) is 9.93. The zero-order valence-corrected chi connectivity index (χ0v) is 14.0. The highest BCUT2D eigenvalue weighted by Crippen LogP contribution is 2.62. The van der Waals surface area contributed by atoms with Gasteiger partial charge in [0.1, 0.15) is 0 Å². The van der Waals surface area contributed by atoms with Gasteiger partial charge in [-0.25, -0.2) is 8.42 Å². The summed E-state index contributed by atoms with van der Waals surface area (Å²) in [7, 11) is -3.19. The maximum Gasteiger partial charge on any atom is 0.154 e. The Morgan fingerprint density at radius 1 is 1.38 bits per heavy atom. The van der Waals surface area contributed by atoms with Crippen LogP contribution < -0.4 is 5.73 Å². The minimum Gasteiger partial charge on any atom is -0.381 e. The van der Waals surface area contributed by atoms with Gasteiger partial charge in [0.25, 0.3) is 0 Å². The molecule has 6 heteroatoms. The molecule has 2 rings (SSSR count). The molecule has 1 aliphatic carbocycles.